The quantitative estimate of drug-likeness (QED) is 0.445. The Morgan fingerprint density at radius 3 is 3.11 bits per heavy atom. The van der Waals surface area contributed by atoms with Crippen LogP contribution in [0.25, 0.3) is 6.08 Å². The van der Waals surface area contributed by atoms with E-state index in [1.807, 2.05) is 0 Å². The van der Waals surface area contributed by atoms with Crippen LogP contribution in [-0.2, 0) is 4.79 Å². The van der Waals surface area contributed by atoms with Crippen LogP contribution in [0.2, 0.25) is 0 Å². The molecule has 0 fully saturated rings. The van der Waals surface area contributed by atoms with E-state index in [1.54, 1.807) is 6.08 Å². The van der Waals surface area contributed by atoms with Crippen LogP contribution >= 0.6 is 0 Å². The molecule has 0 aromatic carbocycles. The summed E-state index contributed by atoms with van der Waals surface area (Å²) in [6, 6.07) is 0. The Labute approximate surface area is 51.6 Å². The zero-order valence-corrected chi connectivity index (χ0v) is 4.61. The smallest absolute Gasteiger partial charge is 0.148 e. The third-order valence-electron chi connectivity index (χ3n) is 0.766. The average molecular weight is 123 g/mol. The number of rotatable bonds is 2. The number of hydrogen-bond acceptors (Lipinski definition) is 3. The van der Waals surface area contributed by atoms with E-state index >= 15 is 0 Å². The molecule has 0 aliphatic heterocycles. The summed E-state index contributed by atoms with van der Waals surface area (Å²) in [7, 11) is 0. The lowest BCUT2D eigenvalue weighted by molar-refractivity contribution is -0.104. The molecule has 4 heteroatoms. The first-order valence-corrected chi connectivity index (χ1v) is 2.40. The molecule has 1 N–H and O–H groups in total. The molecule has 1 heterocycles. The van der Waals surface area contributed by atoms with Crippen molar-refractivity contribution in [3.05, 3.63) is 18.2 Å². The van der Waals surface area contributed by atoms with Crippen molar-refractivity contribution in [2.75, 3.05) is 0 Å². The minimum Gasteiger partial charge on any atom is -0.299 e. The molecule has 1 aromatic heterocycles. The number of hydrogen-bond donors (Lipinski definition) is 1. The number of carbonyl (C=O) groups is 1. The Morgan fingerprint density at radius 1 is 1.67 bits per heavy atom. The third-order valence-corrected chi connectivity index (χ3v) is 0.766. The van der Waals surface area contributed by atoms with Gasteiger partial charge in [-0.1, -0.05) is 0 Å². The van der Waals surface area contributed by atoms with Gasteiger partial charge in [-0.2, -0.15) is 5.10 Å². The van der Waals surface area contributed by atoms with Gasteiger partial charge in [-0.3, -0.25) is 9.89 Å². The number of nitrogens with zero attached hydrogens (tertiary/aromatic N) is 2. The molecule has 0 saturated carbocycles. The number of nitrogens with one attached hydrogen (secondary N) is 1. The van der Waals surface area contributed by atoms with Crippen molar-refractivity contribution in [3.8, 4) is 0 Å². The minimum absolute atomic E-state index is 0.585. The van der Waals surface area contributed by atoms with E-state index < -0.39 is 0 Å². The van der Waals surface area contributed by atoms with Crippen LogP contribution in [0, 0.1) is 0 Å². The number of aldehydes is 1. The molecule has 1 rings (SSSR count). The first-order chi connectivity index (χ1) is 4.43. The van der Waals surface area contributed by atoms with Crippen molar-refractivity contribution in [2.24, 2.45) is 0 Å². The van der Waals surface area contributed by atoms with Crippen molar-refractivity contribution in [2.45, 2.75) is 0 Å². The Bertz CT molecular complexity index is 202. The molecule has 9 heavy (non-hydrogen) atoms. The highest BCUT2D eigenvalue weighted by molar-refractivity contribution is 5.72. The summed E-state index contributed by atoms with van der Waals surface area (Å²) in [6.07, 6.45) is 4.95. The maximum Gasteiger partial charge on any atom is 0.148 e. The maximum atomic E-state index is 9.75. The van der Waals surface area contributed by atoms with Gasteiger partial charge in [-0.15, -0.1) is 0 Å². The second-order valence-electron chi connectivity index (χ2n) is 1.37. The molecule has 46 valence electrons. The molecule has 4 nitrogen and oxygen atoms in total. The molecule has 0 spiro atoms. The number of allylic oxidation sites excluding steroid dienone is 1. The summed E-state index contributed by atoms with van der Waals surface area (Å²) < 4.78 is 0. The standard InChI is InChI=1S/C5H5N3O/c9-3-1-2-5-6-4-7-8-5/h1-4H,(H,6,7,8)/b2-1+. The summed E-state index contributed by atoms with van der Waals surface area (Å²) in [5.41, 5.74) is 0. The topological polar surface area (TPSA) is 58.6 Å². The van der Waals surface area contributed by atoms with Crippen molar-refractivity contribution in [1.82, 2.24) is 15.2 Å². The largest absolute Gasteiger partial charge is 0.299 e. The van der Waals surface area contributed by atoms with Crippen molar-refractivity contribution in [1.29, 1.82) is 0 Å². The number of aromatic nitrogens is 3. The van der Waals surface area contributed by atoms with Crippen LogP contribution in [0.4, 0.5) is 0 Å². The van der Waals surface area contributed by atoms with Gasteiger partial charge < -0.3 is 0 Å². The normalized spacial score (nSPS) is 10.2. The summed E-state index contributed by atoms with van der Waals surface area (Å²) in [5, 5.41) is 6.14. The highest BCUT2D eigenvalue weighted by Gasteiger charge is 1.82. The molecule has 0 saturated heterocycles. The molecule has 0 amide bonds. The highest BCUT2D eigenvalue weighted by Crippen LogP contribution is 1.86. The lowest BCUT2D eigenvalue weighted by atomic mass is 10.5. The third kappa shape index (κ3) is 1.49. The molecule has 0 unspecified atom stereocenters. The fraction of sp³-hybridized carbons (Fsp3) is 0. The molecule has 1 aromatic rings. The summed E-state index contributed by atoms with van der Waals surface area (Å²) in [5.74, 6) is 0.585. The van der Waals surface area contributed by atoms with Crippen molar-refractivity contribution >= 4 is 12.4 Å². The molecular formula is C5H5N3O. The number of aromatic amines is 1. The van der Waals surface area contributed by atoms with Crippen LogP contribution < -0.4 is 0 Å². The fourth-order valence-electron chi connectivity index (χ4n) is 0.426. The van der Waals surface area contributed by atoms with Crippen LogP contribution in [0.3, 0.4) is 0 Å². The second-order valence-corrected chi connectivity index (χ2v) is 1.37. The summed E-state index contributed by atoms with van der Waals surface area (Å²) >= 11 is 0. The zero-order valence-electron chi connectivity index (χ0n) is 4.61. The number of H-pyrrole nitrogens is 1. The van der Waals surface area contributed by atoms with Gasteiger partial charge in [-0.25, -0.2) is 4.98 Å². The maximum absolute atomic E-state index is 9.75. The molecule has 0 atom stereocenters. The van der Waals surface area contributed by atoms with Crippen molar-refractivity contribution < 1.29 is 4.79 Å². The predicted molar refractivity (Wildman–Crippen MR) is 31.5 cm³/mol. The lowest BCUT2D eigenvalue weighted by Gasteiger charge is -1.74. The van der Waals surface area contributed by atoms with E-state index in [9.17, 15) is 4.79 Å². The van der Waals surface area contributed by atoms with Crippen LogP contribution in [-0.4, -0.2) is 21.5 Å². The Morgan fingerprint density at radius 2 is 2.56 bits per heavy atom. The molecular weight excluding hydrogens is 118 g/mol. The molecule has 0 aliphatic carbocycles. The average Bonchev–Trinajstić information content (AvgIpc) is 2.34. The fourth-order valence-corrected chi connectivity index (χ4v) is 0.426. The van der Waals surface area contributed by atoms with Gasteiger partial charge in [0.2, 0.25) is 0 Å². The van der Waals surface area contributed by atoms with E-state index in [1.165, 1.54) is 12.4 Å². The van der Waals surface area contributed by atoms with E-state index in [-0.39, 0.29) is 0 Å². The van der Waals surface area contributed by atoms with E-state index in [4.69, 9.17) is 0 Å². The van der Waals surface area contributed by atoms with Crippen molar-refractivity contribution in [3.63, 3.8) is 0 Å². The van der Waals surface area contributed by atoms with Gasteiger partial charge in [0.15, 0.2) is 0 Å². The van der Waals surface area contributed by atoms with Gasteiger partial charge in [0.1, 0.15) is 18.4 Å². The van der Waals surface area contributed by atoms with Gasteiger partial charge >= 0.3 is 0 Å². The van der Waals surface area contributed by atoms with E-state index in [2.05, 4.69) is 15.2 Å². The minimum atomic E-state index is 0.585. The monoisotopic (exact) mass is 123 g/mol. The van der Waals surface area contributed by atoms with Gasteiger partial charge in [0, 0.05) is 0 Å². The van der Waals surface area contributed by atoms with Gasteiger partial charge in [-0.05, 0) is 12.2 Å². The molecule has 0 aliphatic rings. The lowest BCUT2D eigenvalue weighted by Crippen LogP contribution is -1.73. The predicted octanol–water partition coefficient (Wildman–Crippen LogP) is 0.0168. The van der Waals surface area contributed by atoms with Gasteiger partial charge in [0.25, 0.3) is 0 Å². The highest BCUT2D eigenvalue weighted by atomic mass is 16.1. The second kappa shape index (κ2) is 2.76. The van der Waals surface area contributed by atoms with E-state index in [0.717, 1.165) is 0 Å². The van der Waals surface area contributed by atoms with Crippen LogP contribution in [0.5, 0.6) is 0 Å². The molecule has 0 bridgehead atoms. The van der Waals surface area contributed by atoms with Crippen LogP contribution in [0.1, 0.15) is 5.82 Å². The van der Waals surface area contributed by atoms with E-state index in [0.29, 0.717) is 12.1 Å². The number of carbonyl (C=O) groups excluding carboxylic acids is 1. The SMILES string of the molecule is O=C/C=C/c1ncn[nH]1. The summed E-state index contributed by atoms with van der Waals surface area (Å²) in [4.78, 5) is 13.5. The summed E-state index contributed by atoms with van der Waals surface area (Å²) in [6.45, 7) is 0. The Hall–Kier alpha value is -1.45. The zero-order chi connectivity index (χ0) is 6.53. The first-order valence-electron chi connectivity index (χ1n) is 2.40. The van der Waals surface area contributed by atoms with Crippen LogP contribution in [0.15, 0.2) is 12.4 Å². The van der Waals surface area contributed by atoms with Gasteiger partial charge in [0.05, 0.1) is 0 Å². The molecule has 0 radical (unpaired) electrons. The Kier molecular flexibility index (Phi) is 1.74. The first kappa shape index (κ1) is 5.68. The Balaban J connectivity index is 2.67.